The van der Waals surface area contributed by atoms with Crippen LogP contribution < -0.4 is 5.32 Å². The first-order valence-corrected chi connectivity index (χ1v) is 3.83. The maximum atomic E-state index is 10.8. The summed E-state index contributed by atoms with van der Waals surface area (Å²) >= 11 is 0. The van der Waals surface area contributed by atoms with Crippen LogP contribution >= 0.6 is 0 Å². The van der Waals surface area contributed by atoms with Gasteiger partial charge in [0.25, 0.3) is 0 Å². The average molecular weight is 155 g/mol. The molecule has 1 rings (SSSR count). The van der Waals surface area contributed by atoms with Crippen LogP contribution in [0.2, 0.25) is 0 Å². The maximum Gasteiger partial charge on any atom is 0.243 e. The Morgan fingerprint density at radius 2 is 2.55 bits per heavy atom. The number of rotatable bonds is 2. The van der Waals surface area contributed by atoms with Crippen molar-refractivity contribution >= 4 is 5.91 Å². The van der Waals surface area contributed by atoms with E-state index in [1.807, 2.05) is 0 Å². The van der Waals surface area contributed by atoms with Crippen LogP contribution in [0.3, 0.4) is 0 Å². The summed E-state index contributed by atoms with van der Waals surface area (Å²) < 4.78 is 5.18. The van der Waals surface area contributed by atoms with Crippen molar-refractivity contribution in [1.29, 1.82) is 0 Å². The molecule has 0 spiro atoms. The summed E-state index contributed by atoms with van der Waals surface area (Å²) in [7, 11) is 0. The van der Waals surface area contributed by atoms with Crippen LogP contribution in [0.4, 0.5) is 0 Å². The smallest absolute Gasteiger partial charge is 0.243 e. The van der Waals surface area contributed by atoms with Gasteiger partial charge < -0.3 is 10.1 Å². The molecule has 0 aromatic carbocycles. The van der Waals surface area contributed by atoms with Crippen LogP contribution in [-0.4, -0.2) is 25.2 Å². The van der Waals surface area contributed by atoms with Gasteiger partial charge in [0, 0.05) is 6.61 Å². The summed E-state index contributed by atoms with van der Waals surface area (Å²) in [5.41, 5.74) is 0. The van der Waals surface area contributed by atoms with Crippen molar-refractivity contribution in [2.75, 3.05) is 13.2 Å². The molecular weight excluding hydrogens is 142 g/mol. The second kappa shape index (κ2) is 4.13. The van der Waals surface area contributed by atoms with E-state index in [0.717, 1.165) is 19.4 Å². The van der Waals surface area contributed by atoms with Gasteiger partial charge in [0.1, 0.15) is 0 Å². The van der Waals surface area contributed by atoms with Crippen molar-refractivity contribution in [3.63, 3.8) is 0 Å². The van der Waals surface area contributed by atoms with Gasteiger partial charge in [-0.2, -0.15) is 0 Å². The molecule has 0 radical (unpaired) electrons. The summed E-state index contributed by atoms with van der Waals surface area (Å²) in [6, 6.07) is 0.189. The van der Waals surface area contributed by atoms with Gasteiger partial charge in [-0.15, -0.1) is 0 Å². The molecule has 0 aromatic heterocycles. The second-order valence-electron chi connectivity index (χ2n) is 2.63. The van der Waals surface area contributed by atoms with Crippen LogP contribution in [0.5, 0.6) is 0 Å². The third-order valence-electron chi connectivity index (χ3n) is 1.69. The fourth-order valence-electron chi connectivity index (χ4n) is 1.11. The number of nitrogens with one attached hydrogen (secondary N) is 1. The minimum atomic E-state index is -0.111. The number of amides is 1. The Bertz CT molecular complexity index is 150. The van der Waals surface area contributed by atoms with Crippen LogP contribution in [0.1, 0.15) is 12.8 Å². The molecule has 0 aromatic rings. The van der Waals surface area contributed by atoms with Crippen molar-refractivity contribution in [2.45, 2.75) is 18.9 Å². The third-order valence-corrected chi connectivity index (χ3v) is 1.69. The molecule has 1 amide bonds. The van der Waals surface area contributed by atoms with Crippen molar-refractivity contribution in [2.24, 2.45) is 0 Å². The molecule has 1 saturated heterocycles. The largest absolute Gasteiger partial charge is 0.379 e. The second-order valence-corrected chi connectivity index (χ2v) is 2.63. The Labute approximate surface area is 66.4 Å². The third kappa shape index (κ3) is 2.72. The highest BCUT2D eigenvalue weighted by atomic mass is 16.5. The van der Waals surface area contributed by atoms with E-state index in [1.165, 1.54) is 6.08 Å². The normalized spacial score (nSPS) is 24.2. The molecule has 1 aliphatic rings. The molecule has 0 aliphatic carbocycles. The topological polar surface area (TPSA) is 38.3 Å². The van der Waals surface area contributed by atoms with E-state index in [9.17, 15) is 4.79 Å². The molecule has 3 heteroatoms. The van der Waals surface area contributed by atoms with Crippen LogP contribution in [0.15, 0.2) is 12.7 Å². The number of hydrogen-bond donors (Lipinski definition) is 1. The highest BCUT2D eigenvalue weighted by Gasteiger charge is 2.13. The number of carbonyl (C=O) groups excluding carboxylic acids is 1. The Morgan fingerprint density at radius 3 is 3.09 bits per heavy atom. The van der Waals surface area contributed by atoms with E-state index in [-0.39, 0.29) is 11.9 Å². The highest BCUT2D eigenvalue weighted by Crippen LogP contribution is 2.05. The van der Waals surface area contributed by atoms with E-state index < -0.39 is 0 Å². The highest BCUT2D eigenvalue weighted by molar-refractivity contribution is 5.87. The summed E-state index contributed by atoms with van der Waals surface area (Å²) in [5, 5.41) is 2.79. The SMILES string of the molecule is C=CC(=O)N[C@H]1CCCOC1. The molecule has 0 bridgehead atoms. The van der Waals surface area contributed by atoms with E-state index in [4.69, 9.17) is 4.74 Å². The monoisotopic (exact) mass is 155 g/mol. The quantitative estimate of drug-likeness (QED) is 0.588. The lowest BCUT2D eigenvalue weighted by molar-refractivity contribution is -0.118. The molecule has 1 aliphatic heterocycles. The molecular formula is C8H13NO2. The van der Waals surface area contributed by atoms with E-state index in [1.54, 1.807) is 0 Å². The zero-order valence-corrected chi connectivity index (χ0v) is 6.51. The lowest BCUT2D eigenvalue weighted by atomic mass is 10.1. The van der Waals surface area contributed by atoms with Crippen LogP contribution in [0, 0.1) is 0 Å². The first-order valence-electron chi connectivity index (χ1n) is 3.83. The zero-order valence-electron chi connectivity index (χ0n) is 6.51. The predicted molar refractivity (Wildman–Crippen MR) is 42.2 cm³/mol. The fourth-order valence-corrected chi connectivity index (χ4v) is 1.11. The summed E-state index contributed by atoms with van der Waals surface area (Å²) in [4.78, 5) is 10.8. The summed E-state index contributed by atoms with van der Waals surface area (Å²) in [5.74, 6) is -0.111. The standard InChI is InChI=1S/C8H13NO2/c1-2-8(10)9-7-4-3-5-11-6-7/h2,7H,1,3-6H2,(H,9,10)/t7-/m0/s1. The van der Waals surface area contributed by atoms with E-state index >= 15 is 0 Å². The molecule has 0 unspecified atom stereocenters. The molecule has 1 heterocycles. The number of carbonyl (C=O) groups is 1. The predicted octanol–water partition coefficient (Wildman–Crippen LogP) is 0.468. The molecule has 11 heavy (non-hydrogen) atoms. The van der Waals surface area contributed by atoms with Gasteiger partial charge in [-0.05, 0) is 18.9 Å². The number of hydrogen-bond acceptors (Lipinski definition) is 2. The van der Waals surface area contributed by atoms with Crippen molar-refractivity contribution in [3.8, 4) is 0 Å². The van der Waals surface area contributed by atoms with Gasteiger partial charge in [0.05, 0.1) is 12.6 Å². The number of ether oxygens (including phenoxy) is 1. The van der Waals surface area contributed by atoms with E-state index in [2.05, 4.69) is 11.9 Å². The van der Waals surface area contributed by atoms with Gasteiger partial charge in [0.2, 0.25) is 5.91 Å². The molecule has 1 fully saturated rings. The van der Waals surface area contributed by atoms with Crippen molar-refractivity contribution < 1.29 is 9.53 Å². The van der Waals surface area contributed by atoms with Crippen LogP contribution in [0.25, 0.3) is 0 Å². The first-order chi connectivity index (χ1) is 5.33. The van der Waals surface area contributed by atoms with Crippen molar-refractivity contribution in [1.82, 2.24) is 5.32 Å². The van der Waals surface area contributed by atoms with Crippen LogP contribution in [-0.2, 0) is 9.53 Å². The maximum absolute atomic E-state index is 10.8. The molecule has 1 N–H and O–H groups in total. The molecule has 62 valence electrons. The molecule has 0 saturated carbocycles. The Hall–Kier alpha value is -0.830. The minimum Gasteiger partial charge on any atom is -0.379 e. The Balaban J connectivity index is 2.24. The van der Waals surface area contributed by atoms with Gasteiger partial charge in [-0.1, -0.05) is 6.58 Å². The Morgan fingerprint density at radius 1 is 1.73 bits per heavy atom. The molecule has 3 nitrogen and oxygen atoms in total. The minimum absolute atomic E-state index is 0.111. The average Bonchev–Trinajstić information content (AvgIpc) is 2.06. The molecule has 1 atom stereocenters. The lowest BCUT2D eigenvalue weighted by Gasteiger charge is -2.22. The lowest BCUT2D eigenvalue weighted by Crippen LogP contribution is -2.39. The summed E-state index contributed by atoms with van der Waals surface area (Å²) in [6.07, 6.45) is 3.33. The van der Waals surface area contributed by atoms with Gasteiger partial charge in [-0.25, -0.2) is 0 Å². The van der Waals surface area contributed by atoms with Gasteiger partial charge in [0.15, 0.2) is 0 Å². The first kappa shape index (κ1) is 8.27. The van der Waals surface area contributed by atoms with Gasteiger partial charge in [-0.3, -0.25) is 4.79 Å². The van der Waals surface area contributed by atoms with Gasteiger partial charge >= 0.3 is 0 Å². The Kier molecular flexibility index (Phi) is 3.11. The zero-order chi connectivity index (χ0) is 8.10. The summed E-state index contributed by atoms with van der Waals surface area (Å²) in [6.45, 7) is 4.83. The van der Waals surface area contributed by atoms with E-state index in [0.29, 0.717) is 6.61 Å². The van der Waals surface area contributed by atoms with Crippen molar-refractivity contribution in [3.05, 3.63) is 12.7 Å². The fraction of sp³-hybridized carbons (Fsp3) is 0.625.